The van der Waals surface area contributed by atoms with Crippen molar-refractivity contribution in [3.63, 3.8) is 0 Å². The molecule has 2 atom stereocenters. The number of amides is 1. The Morgan fingerprint density at radius 2 is 1.85 bits per heavy atom. The molecule has 0 radical (unpaired) electrons. The van der Waals surface area contributed by atoms with Crippen molar-refractivity contribution in [2.24, 2.45) is 11.7 Å². The fraction of sp³-hybridized carbons (Fsp3) is 0.562. The zero-order valence-electron chi connectivity index (χ0n) is 12.8. The number of nitrogens with two attached hydrogens (primary N) is 1. The molecule has 0 fully saturated rings. The molecule has 1 aromatic carbocycles. The van der Waals surface area contributed by atoms with Crippen LogP contribution in [0.5, 0.6) is 5.75 Å². The first-order valence-corrected chi connectivity index (χ1v) is 7.21. The van der Waals surface area contributed by atoms with Crippen LogP contribution in [0.2, 0.25) is 0 Å². The average molecular weight is 278 g/mol. The summed E-state index contributed by atoms with van der Waals surface area (Å²) in [6, 6.07) is 7.79. The van der Waals surface area contributed by atoms with E-state index < -0.39 is 0 Å². The third kappa shape index (κ3) is 5.21. The molecule has 4 nitrogen and oxygen atoms in total. The second kappa shape index (κ2) is 7.90. The number of rotatable bonds is 7. The quantitative estimate of drug-likeness (QED) is 0.806. The van der Waals surface area contributed by atoms with Gasteiger partial charge >= 0.3 is 0 Å². The summed E-state index contributed by atoms with van der Waals surface area (Å²) < 4.78 is 5.46. The minimum Gasteiger partial charge on any atom is -0.484 e. The highest BCUT2D eigenvalue weighted by molar-refractivity contribution is 5.77. The lowest BCUT2D eigenvalue weighted by molar-refractivity contribution is -0.124. The molecule has 1 amide bonds. The van der Waals surface area contributed by atoms with Crippen LogP contribution in [-0.4, -0.2) is 18.6 Å². The number of carbonyl (C=O) groups is 1. The molecule has 20 heavy (non-hydrogen) atoms. The summed E-state index contributed by atoms with van der Waals surface area (Å²) in [5, 5.41) is 2.90. The van der Waals surface area contributed by atoms with Crippen LogP contribution in [0.3, 0.4) is 0 Å². The Kier molecular flexibility index (Phi) is 6.52. The first-order chi connectivity index (χ1) is 9.43. The fourth-order valence-electron chi connectivity index (χ4n) is 1.66. The lowest BCUT2D eigenvalue weighted by Gasteiger charge is -2.17. The Morgan fingerprint density at radius 1 is 1.25 bits per heavy atom. The van der Waals surface area contributed by atoms with E-state index >= 15 is 0 Å². The Labute approximate surface area is 121 Å². The Bertz CT molecular complexity index is 415. The Hall–Kier alpha value is -1.55. The molecule has 0 aliphatic heterocycles. The van der Waals surface area contributed by atoms with Crippen molar-refractivity contribution in [2.75, 3.05) is 6.61 Å². The van der Waals surface area contributed by atoms with Gasteiger partial charge in [-0.3, -0.25) is 4.79 Å². The zero-order valence-corrected chi connectivity index (χ0v) is 12.8. The molecule has 0 spiro atoms. The van der Waals surface area contributed by atoms with E-state index in [1.807, 2.05) is 31.2 Å². The zero-order chi connectivity index (χ0) is 15.1. The molecule has 4 heteroatoms. The molecule has 0 aliphatic rings. The van der Waals surface area contributed by atoms with Gasteiger partial charge in [0.05, 0.1) is 0 Å². The topological polar surface area (TPSA) is 64.3 Å². The maximum absolute atomic E-state index is 11.7. The van der Waals surface area contributed by atoms with E-state index in [-0.39, 0.29) is 24.6 Å². The summed E-state index contributed by atoms with van der Waals surface area (Å²) in [6.45, 7) is 8.22. The van der Waals surface area contributed by atoms with Crippen molar-refractivity contribution in [3.05, 3.63) is 29.8 Å². The summed E-state index contributed by atoms with van der Waals surface area (Å²) in [5.74, 6) is 0.999. The molecule has 3 N–H and O–H groups in total. The van der Waals surface area contributed by atoms with Gasteiger partial charge in [-0.2, -0.15) is 0 Å². The minimum absolute atomic E-state index is 0.0379. The van der Waals surface area contributed by atoms with E-state index in [9.17, 15) is 4.79 Å². The highest BCUT2D eigenvalue weighted by atomic mass is 16.5. The number of hydrogen-bond acceptors (Lipinski definition) is 3. The van der Waals surface area contributed by atoms with Crippen LogP contribution in [0.25, 0.3) is 0 Å². The van der Waals surface area contributed by atoms with E-state index in [4.69, 9.17) is 10.5 Å². The lowest BCUT2D eigenvalue weighted by Crippen LogP contribution is -2.38. The molecule has 0 aromatic heterocycles. The van der Waals surface area contributed by atoms with Crippen LogP contribution in [0.15, 0.2) is 24.3 Å². The predicted molar refractivity (Wildman–Crippen MR) is 81.6 cm³/mol. The molecule has 0 saturated heterocycles. The number of hydrogen-bond donors (Lipinski definition) is 2. The van der Waals surface area contributed by atoms with Gasteiger partial charge in [0.1, 0.15) is 5.75 Å². The summed E-state index contributed by atoms with van der Waals surface area (Å²) in [4.78, 5) is 11.7. The van der Waals surface area contributed by atoms with Crippen molar-refractivity contribution in [1.29, 1.82) is 0 Å². The maximum Gasteiger partial charge on any atom is 0.258 e. The average Bonchev–Trinajstić information content (AvgIpc) is 2.44. The minimum atomic E-state index is -0.0967. The first kappa shape index (κ1) is 16.5. The predicted octanol–water partition coefficient (Wildman–Crippen LogP) is 2.64. The number of carbonyl (C=O) groups excluding carboxylic acids is 1. The summed E-state index contributed by atoms with van der Waals surface area (Å²) in [6.07, 6.45) is 0.899. The van der Waals surface area contributed by atoms with Gasteiger partial charge in [0, 0.05) is 12.1 Å². The fourth-order valence-corrected chi connectivity index (χ4v) is 1.66. The molecule has 0 saturated carbocycles. The highest BCUT2D eigenvalue weighted by Crippen LogP contribution is 2.18. The number of benzene rings is 1. The highest BCUT2D eigenvalue weighted by Gasteiger charge is 2.11. The van der Waals surface area contributed by atoms with Gasteiger partial charge in [0.15, 0.2) is 6.61 Å². The van der Waals surface area contributed by atoms with Gasteiger partial charge in [0.25, 0.3) is 5.91 Å². The first-order valence-electron chi connectivity index (χ1n) is 7.21. The molecule has 112 valence electrons. The van der Waals surface area contributed by atoms with Crippen molar-refractivity contribution < 1.29 is 9.53 Å². The number of nitrogens with one attached hydrogen (secondary N) is 1. The molecule has 2 unspecified atom stereocenters. The van der Waals surface area contributed by atoms with E-state index in [0.29, 0.717) is 11.7 Å². The van der Waals surface area contributed by atoms with Gasteiger partial charge in [0.2, 0.25) is 0 Å². The van der Waals surface area contributed by atoms with E-state index in [1.54, 1.807) is 0 Å². The Balaban J connectivity index is 2.44. The van der Waals surface area contributed by atoms with Gasteiger partial charge in [-0.15, -0.1) is 0 Å². The standard InChI is InChI=1S/C16H26N2O2/c1-5-15(17)13-6-8-14(9-7-13)20-10-16(19)18-12(4)11(2)3/h6-9,11-12,15H,5,10,17H2,1-4H3,(H,18,19). The van der Waals surface area contributed by atoms with Crippen molar-refractivity contribution in [3.8, 4) is 5.75 Å². The van der Waals surface area contributed by atoms with Gasteiger partial charge in [-0.25, -0.2) is 0 Å². The van der Waals surface area contributed by atoms with Crippen LogP contribution >= 0.6 is 0 Å². The largest absolute Gasteiger partial charge is 0.484 e. The molecular weight excluding hydrogens is 252 g/mol. The van der Waals surface area contributed by atoms with Crippen molar-refractivity contribution in [1.82, 2.24) is 5.32 Å². The van der Waals surface area contributed by atoms with Gasteiger partial charge in [-0.05, 0) is 37.0 Å². The molecule has 0 bridgehead atoms. The second-order valence-corrected chi connectivity index (χ2v) is 5.47. The van der Waals surface area contributed by atoms with Gasteiger partial charge in [-0.1, -0.05) is 32.9 Å². The SMILES string of the molecule is CCC(N)c1ccc(OCC(=O)NC(C)C(C)C)cc1. The van der Waals surface area contributed by atoms with Crippen LogP contribution in [0, 0.1) is 5.92 Å². The van der Waals surface area contributed by atoms with Gasteiger partial charge < -0.3 is 15.8 Å². The van der Waals surface area contributed by atoms with Crippen LogP contribution in [-0.2, 0) is 4.79 Å². The Morgan fingerprint density at radius 3 is 2.35 bits per heavy atom. The molecule has 1 rings (SSSR count). The summed E-state index contributed by atoms with van der Waals surface area (Å²) in [7, 11) is 0. The third-order valence-electron chi connectivity index (χ3n) is 3.51. The summed E-state index contributed by atoms with van der Waals surface area (Å²) in [5.41, 5.74) is 7.03. The molecule has 0 heterocycles. The number of ether oxygens (including phenoxy) is 1. The molecule has 0 aliphatic carbocycles. The second-order valence-electron chi connectivity index (χ2n) is 5.47. The monoisotopic (exact) mass is 278 g/mol. The summed E-state index contributed by atoms with van der Waals surface area (Å²) >= 11 is 0. The lowest BCUT2D eigenvalue weighted by atomic mass is 10.1. The molecular formula is C16H26N2O2. The van der Waals surface area contributed by atoms with Crippen molar-refractivity contribution >= 4 is 5.91 Å². The van der Waals surface area contributed by atoms with E-state index in [0.717, 1.165) is 12.0 Å². The van der Waals surface area contributed by atoms with E-state index in [1.165, 1.54) is 0 Å². The third-order valence-corrected chi connectivity index (χ3v) is 3.51. The van der Waals surface area contributed by atoms with Crippen LogP contribution in [0.1, 0.15) is 45.7 Å². The van der Waals surface area contributed by atoms with Crippen LogP contribution < -0.4 is 15.8 Å². The van der Waals surface area contributed by atoms with E-state index in [2.05, 4.69) is 26.1 Å². The molecule has 1 aromatic rings. The smallest absolute Gasteiger partial charge is 0.258 e. The van der Waals surface area contributed by atoms with Crippen molar-refractivity contribution in [2.45, 2.75) is 46.2 Å². The maximum atomic E-state index is 11.7. The normalized spacial score (nSPS) is 13.9. The van der Waals surface area contributed by atoms with Crippen LogP contribution in [0.4, 0.5) is 0 Å².